The first-order chi connectivity index (χ1) is 7.13. The number of aromatic carboxylic acids is 1. The van der Waals surface area contributed by atoms with Gasteiger partial charge in [-0.05, 0) is 12.1 Å². The van der Waals surface area contributed by atoms with Gasteiger partial charge in [-0.1, -0.05) is 18.7 Å². The number of aliphatic imine (C=N–C) groups is 1. The molecule has 78 valence electrons. The van der Waals surface area contributed by atoms with Crippen molar-refractivity contribution in [1.82, 2.24) is 0 Å². The van der Waals surface area contributed by atoms with E-state index in [9.17, 15) is 4.79 Å². The van der Waals surface area contributed by atoms with E-state index in [2.05, 4.69) is 11.6 Å². The summed E-state index contributed by atoms with van der Waals surface area (Å²) >= 11 is 0. The van der Waals surface area contributed by atoms with Crippen LogP contribution in [0.2, 0.25) is 0 Å². The number of benzene rings is 1. The van der Waals surface area contributed by atoms with E-state index >= 15 is 0 Å². The predicted molar refractivity (Wildman–Crippen MR) is 53.4 cm³/mol. The van der Waals surface area contributed by atoms with Gasteiger partial charge in [-0.25, -0.2) is 9.59 Å². The highest BCUT2D eigenvalue weighted by atomic mass is 16.4. The molecule has 0 aromatic heterocycles. The molecule has 15 heavy (non-hydrogen) atoms. The summed E-state index contributed by atoms with van der Waals surface area (Å²) in [6.45, 7) is 3.12. The monoisotopic (exact) mass is 207 g/mol. The Morgan fingerprint density at radius 2 is 2.07 bits per heavy atom. The third-order valence-electron chi connectivity index (χ3n) is 1.28. The van der Waals surface area contributed by atoms with E-state index in [1.165, 1.54) is 18.2 Å². The van der Waals surface area contributed by atoms with E-state index in [0.29, 0.717) is 0 Å². The standard InChI is InChI=1S/C7H6O3.C3H3NO/c8-6-4-2-1-3-5(6)7(9)10;1-2-4-3-5/h1-4,8H,(H,9,10);2H,1H2. The summed E-state index contributed by atoms with van der Waals surface area (Å²) in [4.78, 5) is 22.2. The average Bonchev–Trinajstić information content (AvgIpc) is 2.20. The maximum Gasteiger partial charge on any atom is 0.339 e. The molecule has 5 heteroatoms. The Labute approximate surface area is 86.0 Å². The van der Waals surface area contributed by atoms with Crippen LogP contribution < -0.4 is 0 Å². The zero-order valence-corrected chi connectivity index (χ0v) is 7.75. The van der Waals surface area contributed by atoms with Crippen molar-refractivity contribution < 1.29 is 19.8 Å². The fraction of sp³-hybridized carbons (Fsp3) is 0. The summed E-state index contributed by atoms with van der Waals surface area (Å²) in [6.07, 6.45) is 2.41. The molecule has 0 saturated heterocycles. The van der Waals surface area contributed by atoms with Gasteiger partial charge >= 0.3 is 5.97 Å². The maximum absolute atomic E-state index is 10.3. The van der Waals surface area contributed by atoms with Crippen molar-refractivity contribution in [2.75, 3.05) is 0 Å². The topological polar surface area (TPSA) is 87.0 Å². The van der Waals surface area contributed by atoms with E-state index in [0.717, 1.165) is 6.20 Å². The van der Waals surface area contributed by atoms with E-state index < -0.39 is 5.97 Å². The van der Waals surface area contributed by atoms with Gasteiger partial charge in [-0.2, -0.15) is 4.99 Å². The van der Waals surface area contributed by atoms with Crippen LogP contribution in [-0.2, 0) is 4.79 Å². The number of carbonyl (C=O) groups is 1. The first-order valence-electron chi connectivity index (χ1n) is 3.82. The Hall–Kier alpha value is -2.39. The average molecular weight is 207 g/mol. The molecule has 0 amide bonds. The third-order valence-corrected chi connectivity index (χ3v) is 1.28. The summed E-state index contributed by atoms with van der Waals surface area (Å²) in [5, 5.41) is 17.3. The first kappa shape index (κ1) is 12.6. The Bertz CT molecular complexity index is 394. The lowest BCUT2D eigenvalue weighted by Crippen LogP contribution is -1.95. The van der Waals surface area contributed by atoms with Gasteiger partial charge in [-0.3, -0.25) is 0 Å². The molecule has 1 aromatic rings. The molecule has 0 aliphatic rings. The van der Waals surface area contributed by atoms with Crippen molar-refractivity contribution in [1.29, 1.82) is 0 Å². The summed E-state index contributed by atoms with van der Waals surface area (Å²) in [6, 6.07) is 5.81. The van der Waals surface area contributed by atoms with Crippen molar-refractivity contribution >= 4 is 12.0 Å². The van der Waals surface area contributed by atoms with Crippen LogP contribution in [0.4, 0.5) is 0 Å². The SMILES string of the molecule is C=CN=C=O.O=C(O)c1ccccc1O. The van der Waals surface area contributed by atoms with Crippen LogP contribution >= 0.6 is 0 Å². The van der Waals surface area contributed by atoms with Gasteiger partial charge in [0.2, 0.25) is 6.08 Å². The quantitative estimate of drug-likeness (QED) is 0.569. The maximum atomic E-state index is 10.3. The predicted octanol–water partition coefficient (Wildman–Crippen LogP) is 1.56. The number of rotatable bonds is 2. The highest BCUT2D eigenvalue weighted by molar-refractivity contribution is 5.90. The van der Waals surface area contributed by atoms with E-state index in [4.69, 9.17) is 15.0 Å². The van der Waals surface area contributed by atoms with Crippen molar-refractivity contribution in [2.45, 2.75) is 0 Å². The number of carboxylic acid groups (broad SMARTS) is 1. The van der Waals surface area contributed by atoms with Crippen molar-refractivity contribution in [3.8, 4) is 5.75 Å². The van der Waals surface area contributed by atoms with E-state index in [-0.39, 0.29) is 11.3 Å². The Kier molecular flexibility index (Phi) is 5.93. The van der Waals surface area contributed by atoms with E-state index in [1.54, 1.807) is 12.1 Å². The molecule has 0 unspecified atom stereocenters. The minimum atomic E-state index is -1.11. The summed E-state index contributed by atoms with van der Waals surface area (Å²) in [7, 11) is 0. The second-order valence-electron chi connectivity index (χ2n) is 2.23. The van der Waals surface area contributed by atoms with Crippen LogP contribution in [-0.4, -0.2) is 22.3 Å². The molecule has 0 radical (unpaired) electrons. The van der Waals surface area contributed by atoms with Gasteiger partial charge in [-0.15, -0.1) is 0 Å². The lowest BCUT2D eigenvalue weighted by molar-refractivity contribution is 0.0693. The minimum Gasteiger partial charge on any atom is -0.507 e. The summed E-state index contributed by atoms with van der Waals surface area (Å²) in [5.74, 6) is -1.31. The van der Waals surface area contributed by atoms with Crippen molar-refractivity contribution in [3.05, 3.63) is 42.6 Å². The number of carbonyl (C=O) groups excluding carboxylic acids is 1. The van der Waals surface area contributed by atoms with Crippen LogP contribution in [0.25, 0.3) is 0 Å². The molecule has 0 atom stereocenters. The molecule has 0 aliphatic heterocycles. The van der Waals surface area contributed by atoms with Crippen LogP contribution in [0.15, 0.2) is 42.0 Å². The molecule has 0 spiro atoms. The normalized spacial score (nSPS) is 7.73. The van der Waals surface area contributed by atoms with Gasteiger partial charge < -0.3 is 10.2 Å². The van der Waals surface area contributed by atoms with Crippen LogP contribution in [0.1, 0.15) is 10.4 Å². The number of carboxylic acids is 1. The molecule has 0 saturated carbocycles. The smallest absolute Gasteiger partial charge is 0.339 e. The first-order valence-corrected chi connectivity index (χ1v) is 3.82. The molecular weight excluding hydrogens is 198 g/mol. The van der Waals surface area contributed by atoms with Crippen molar-refractivity contribution in [3.63, 3.8) is 0 Å². The number of hydrogen-bond donors (Lipinski definition) is 2. The molecule has 0 heterocycles. The molecule has 0 aliphatic carbocycles. The Morgan fingerprint density at radius 1 is 1.47 bits per heavy atom. The highest BCUT2D eigenvalue weighted by Gasteiger charge is 2.05. The van der Waals surface area contributed by atoms with Gasteiger partial charge in [0.05, 0.1) is 0 Å². The number of aromatic hydroxyl groups is 1. The number of para-hydroxylation sites is 1. The van der Waals surface area contributed by atoms with Gasteiger partial charge in [0.15, 0.2) is 0 Å². The molecular formula is C10H9NO4. The fourth-order valence-electron chi connectivity index (χ4n) is 0.692. The zero-order chi connectivity index (χ0) is 11.7. The number of nitrogens with zero attached hydrogens (tertiary/aromatic N) is 1. The second-order valence-corrected chi connectivity index (χ2v) is 2.23. The van der Waals surface area contributed by atoms with Crippen LogP contribution in [0, 0.1) is 0 Å². The van der Waals surface area contributed by atoms with Crippen LogP contribution in [0.3, 0.4) is 0 Å². The Balaban J connectivity index is 0.000000336. The zero-order valence-electron chi connectivity index (χ0n) is 7.75. The number of hydrogen-bond acceptors (Lipinski definition) is 4. The van der Waals surface area contributed by atoms with Crippen molar-refractivity contribution in [2.24, 2.45) is 4.99 Å². The largest absolute Gasteiger partial charge is 0.507 e. The van der Waals surface area contributed by atoms with Crippen LogP contribution in [0.5, 0.6) is 5.75 Å². The van der Waals surface area contributed by atoms with Gasteiger partial charge in [0.1, 0.15) is 11.3 Å². The Morgan fingerprint density at radius 3 is 2.33 bits per heavy atom. The number of isocyanates is 1. The number of phenols is 1. The minimum absolute atomic E-state index is 0.0671. The second kappa shape index (κ2) is 7.06. The van der Waals surface area contributed by atoms with E-state index in [1.807, 2.05) is 0 Å². The molecule has 1 rings (SSSR count). The van der Waals surface area contributed by atoms with Gasteiger partial charge in [0.25, 0.3) is 0 Å². The lowest BCUT2D eigenvalue weighted by Gasteiger charge is -1.95. The summed E-state index contributed by atoms with van der Waals surface area (Å²) in [5.41, 5.74) is -0.0671. The fourth-order valence-corrected chi connectivity index (χ4v) is 0.692. The van der Waals surface area contributed by atoms with Gasteiger partial charge in [0, 0.05) is 6.20 Å². The highest BCUT2D eigenvalue weighted by Crippen LogP contribution is 2.14. The molecule has 2 N–H and O–H groups in total. The lowest BCUT2D eigenvalue weighted by atomic mass is 10.2. The third kappa shape index (κ3) is 5.02. The summed E-state index contributed by atoms with van der Waals surface area (Å²) < 4.78 is 0. The molecule has 5 nitrogen and oxygen atoms in total. The molecule has 0 bridgehead atoms. The molecule has 0 fully saturated rings. The molecule has 1 aromatic carbocycles.